The Morgan fingerprint density at radius 3 is 2.88 bits per heavy atom. The Balaban J connectivity index is 0.00000288. The first-order valence-corrected chi connectivity index (χ1v) is 8.69. The number of carbonyl (C=O) groups excluding carboxylic acids is 1. The molecule has 1 aromatic rings. The fraction of sp³-hybridized carbons (Fsp3) is 0.632. The van der Waals surface area contributed by atoms with Crippen molar-refractivity contribution in [1.29, 1.82) is 0 Å². The van der Waals surface area contributed by atoms with Crippen LogP contribution >= 0.6 is 12.4 Å². The molecule has 1 unspecified atom stereocenters. The zero-order valence-corrected chi connectivity index (χ0v) is 15.9. The highest BCUT2D eigenvalue weighted by Crippen LogP contribution is 2.21. The quantitative estimate of drug-likeness (QED) is 0.551. The van der Waals surface area contributed by atoms with Gasteiger partial charge in [0.2, 0.25) is 0 Å². The number of hydrogen-bond acceptors (Lipinski definition) is 4. The number of benzene rings is 1. The zero-order chi connectivity index (χ0) is 16.7. The van der Waals surface area contributed by atoms with Gasteiger partial charge in [0.05, 0.1) is 19.1 Å². The highest BCUT2D eigenvalue weighted by Gasteiger charge is 2.26. The average Bonchev–Trinajstić information content (AvgIpc) is 2.56. The Morgan fingerprint density at radius 1 is 1.33 bits per heavy atom. The van der Waals surface area contributed by atoms with Gasteiger partial charge in [-0.25, -0.2) is 0 Å². The summed E-state index contributed by atoms with van der Waals surface area (Å²) in [6, 6.07) is 6.16. The Hall–Kier alpha value is -1.26. The predicted octanol–water partition coefficient (Wildman–Crippen LogP) is 3.77. The molecule has 0 aromatic heterocycles. The summed E-state index contributed by atoms with van der Waals surface area (Å²) >= 11 is 0. The number of rotatable bonds is 7. The molecule has 0 aliphatic carbocycles. The molecule has 1 heterocycles. The number of hydrogen-bond donors (Lipinski definition) is 0. The molecule has 24 heavy (non-hydrogen) atoms. The largest absolute Gasteiger partial charge is 0.493 e. The van der Waals surface area contributed by atoms with Crippen LogP contribution in [0.3, 0.4) is 0 Å². The van der Waals surface area contributed by atoms with E-state index in [2.05, 4.69) is 24.8 Å². The molecule has 2 rings (SSSR count). The van der Waals surface area contributed by atoms with Crippen LogP contribution in [-0.4, -0.2) is 43.7 Å². The molecule has 0 spiro atoms. The smallest absolute Gasteiger partial charge is 0.310 e. The Bertz CT molecular complexity index is 521. The number of aryl methyl sites for hydroxylation is 1. The van der Waals surface area contributed by atoms with Gasteiger partial charge in [-0.15, -0.1) is 12.4 Å². The summed E-state index contributed by atoms with van der Waals surface area (Å²) in [4.78, 5) is 14.2. The van der Waals surface area contributed by atoms with Crippen LogP contribution in [0.4, 0.5) is 0 Å². The highest BCUT2D eigenvalue weighted by atomic mass is 35.5. The summed E-state index contributed by atoms with van der Waals surface area (Å²) in [6.45, 7) is 10.1. The molecule has 136 valence electrons. The molecular formula is C19H30ClNO3. The summed E-state index contributed by atoms with van der Waals surface area (Å²) in [6.07, 6.45) is 3.00. The van der Waals surface area contributed by atoms with Gasteiger partial charge in [0.25, 0.3) is 0 Å². The Morgan fingerprint density at radius 2 is 2.12 bits per heavy atom. The number of esters is 1. The van der Waals surface area contributed by atoms with Crippen molar-refractivity contribution in [3.05, 3.63) is 29.3 Å². The number of nitrogens with zero attached hydrogens (tertiary/aromatic N) is 1. The van der Waals surface area contributed by atoms with Gasteiger partial charge in [-0.3, -0.25) is 4.79 Å². The summed E-state index contributed by atoms with van der Waals surface area (Å²) in [7, 11) is 0. The van der Waals surface area contributed by atoms with Gasteiger partial charge in [0.15, 0.2) is 0 Å². The lowest BCUT2D eigenvalue weighted by atomic mass is 9.98. The van der Waals surface area contributed by atoms with Gasteiger partial charge >= 0.3 is 5.97 Å². The number of piperidine rings is 1. The van der Waals surface area contributed by atoms with E-state index in [0.717, 1.165) is 44.6 Å². The van der Waals surface area contributed by atoms with Gasteiger partial charge in [-0.1, -0.05) is 12.1 Å². The Kier molecular flexibility index (Phi) is 9.16. The van der Waals surface area contributed by atoms with E-state index in [-0.39, 0.29) is 24.3 Å². The molecule has 4 nitrogen and oxygen atoms in total. The third-order valence-corrected chi connectivity index (χ3v) is 4.56. The maximum absolute atomic E-state index is 11.9. The summed E-state index contributed by atoms with van der Waals surface area (Å²) < 4.78 is 11.1. The molecular weight excluding hydrogens is 326 g/mol. The van der Waals surface area contributed by atoms with Crippen molar-refractivity contribution in [2.45, 2.75) is 40.0 Å². The Labute approximate surface area is 151 Å². The number of halogens is 1. The van der Waals surface area contributed by atoms with Gasteiger partial charge in [0.1, 0.15) is 5.75 Å². The van der Waals surface area contributed by atoms with Gasteiger partial charge in [0, 0.05) is 13.1 Å². The maximum Gasteiger partial charge on any atom is 0.310 e. The van der Waals surface area contributed by atoms with E-state index < -0.39 is 0 Å². The minimum absolute atomic E-state index is 0. The highest BCUT2D eigenvalue weighted by molar-refractivity contribution is 5.85. The lowest BCUT2D eigenvalue weighted by Crippen LogP contribution is -2.40. The van der Waals surface area contributed by atoms with Crippen LogP contribution in [0.2, 0.25) is 0 Å². The van der Waals surface area contributed by atoms with Crippen LogP contribution in [0.1, 0.15) is 37.3 Å². The number of likely N-dealkylation sites (tertiary alicyclic amines) is 1. The zero-order valence-electron chi connectivity index (χ0n) is 15.0. The second kappa shape index (κ2) is 10.6. The van der Waals surface area contributed by atoms with E-state index >= 15 is 0 Å². The van der Waals surface area contributed by atoms with Crippen LogP contribution in [-0.2, 0) is 9.53 Å². The molecule has 1 aliphatic heterocycles. The van der Waals surface area contributed by atoms with Crippen molar-refractivity contribution >= 4 is 18.4 Å². The monoisotopic (exact) mass is 355 g/mol. The fourth-order valence-electron chi connectivity index (χ4n) is 3.06. The number of ether oxygens (including phenoxy) is 2. The van der Waals surface area contributed by atoms with Crippen molar-refractivity contribution in [1.82, 2.24) is 4.90 Å². The molecule has 1 aliphatic rings. The molecule has 0 N–H and O–H groups in total. The van der Waals surface area contributed by atoms with Gasteiger partial charge < -0.3 is 14.4 Å². The molecule has 5 heteroatoms. The summed E-state index contributed by atoms with van der Waals surface area (Å²) in [5.41, 5.74) is 2.48. The summed E-state index contributed by atoms with van der Waals surface area (Å²) in [5, 5.41) is 0. The molecule has 0 amide bonds. The molecule has 0 radical (unpaired) electrons. The van der Waals surface area contributed by atoms with Crippen LogP contribution in [0.25, 0.3) is 0 Å². The molecule has 0 saturated carbocycles. The predicted molar refractivity (Wildman–Crippen MR) is 99.1 cm³/mol. The van der Waals surface area contributed by atoms with Crippen molar-refractivity contribution < 1.29 is 14.3 Å². The van der Waals surface area contributed by atoms with Gasteiger partial charge in [-0.05, 0) is 63.8 Å². The normalized spacial score (nSPS) is 17.9. The van der Waals surface area contributed by atoms with Crippen LogP contribution < -0.4 is 4.74 Å². The molecule has 1 fully saturated rings. The first-order valence-electron chi connectivity index (χ1n) is 8.69. The van der Waals surface area contributed by atoms with Crippen LogP contribution in [0.5, 0.6) is 5.75 Å². The molecule has 1 atom stereocenters. The second-order valence-corrected chi connectivity index (χ2v) is 6.29. The van der Waals surface area contributed by atoms with Crippen LogP contribution in [0.15, 0.2) is 18.2 Å². The first-order chi connectivity index (χ1) is 11.1. The standard InChI is InChI=1S/C19H29NO3.ClH/c1-4-22-19(21)17-9-6-11-20(14-17)12-7-13-23-18-10-5-8-15(2)16(18)3;/h5,8,10,17H,4,6-7,9,11-14H2,1-3H3;1H. The first kappa shape index (κ1) is 20.8. The van der Waals surface area contributed by atoms with E-state index in [1.807, 2.05) is 19.1 Å². The topological polar surface area (TPSA) is 38.8 Å². The number of carbonyl (C=O) groups is 1. The third-order valence-electron chi connectivity index (χ3n) is 4.56. The van der Waals surface area contributed by atoms with E-state index in [1.54, 1.807) is 0 Å². The van der Waals surface area contributed by atoms with Crippen molar-refractivity contribution in [2.24, 2.45) is 5.92 Å². The second-order valence-electron chi connectivity index (χ2n) is 6.29. The van der Waals surface area contributed by atoms with Crippen molar-refractivity contribution in [3.63, 3.8) is 0 Å². The average molecular weight is 356 g/mol. The van der Waals surface area contributed by atoms with E-state index in [9.17, 15) is 4.79 Å². The van der Waals surface area contributed by atoms with Crippen molar-refractivity contribution in [2.75, 3.05) is 32.8 Å². The van der Waals surface area contributed by atoms with Gasteiger partial charge in [-0.2, -0.15) is 0 Å². The lowest BCUT2D eigenvalue weighted by Gasteiger charge is -2.31. The molecule has 1 saturated heterocycles. The maximum atomic E-state index is 11.9. The lowest BCUT2D eigenvalue weighted by molar-refractivity contribution is -0.149. The van der Waals surface area contributed by atoms with E-state index in [1.165, 1.54) is 11.1 Å². The van der Waals surface area contributed by atoms with E-state index in [4.69, 9.17) is 9.47 Å². The minimum Gasteiger partial charge on any atom is -0.493 e. The summed E-state index contributed by atoms with van der Waals surface area (Å²) in [5.74, 6) is 0.987. The minimum atomic E-state index is -0.0381. The van der Waals surface area contributed by atoms with Crippen molar-refractivity contribution in [3.8, 4) is 5.75 Å². The molecule has 1 aromatic carbocycles. The SMILES string of the molecule is CCOC(=O)C1CCCN(CCCOc2cccc(C)c2C)C1.Cl. The fourth-order valence-corrected chi connectivity index (χ4v) is 3.06. The van der Waals surface area contributed by atoms with E-state index in [0.29, 0.717) is 13.2 Å². The third kappa shape index (κ3) is 5.99. The molecule has 0 bridgehead atoms. The van der Waals surface area contributed by atoms with Crippen LogP contribution in [0, 0.1) is 19.8 Å².